The summed E-state index contributed by atoms with van der Waals surface area (Å²) in [4.78, 5) is 49.5. The SMILES string of the molecule is Cc1ccc(C(=O)Oc2ccc(/C=N\NC(=O)C(=O)Nc3ccccc3C(=O)Nc3ccccc3)cc2)cc1. The van der Waals surface area contributed by atoms with Crippen molar-refractivity contribution < 1.29 is 23.9 Å². The fourth-order valence-electron chi connectivity index (χ4n) is 3.38. The van der Waals surface area contributed by atoms with Crippen LogP contribution in [0.2, 0.25) is 0 Å². The molecular formula is C30H24N4O5. The van der Waals surface area contributed by atoms with Gasteiger partial charge in [0, 0.05) is 5.69 Å². The van der Waals surface area contributed by atoms with Crippen molar-refractivity contribution in [3.8, 4) is 5.75 Å². The quantitative estimate of drug-likeness (QED) is 0.108. The Kier molecular flexibility index (Phi) is 8.56. The van der Waals surface area contributed by atoms with E-state index in [2.05, 4.69) is 21.2 Å². The number of aryl methyl sites for hydroxylation is 1. The standard InChI is InChI=1S/C30H24N4O5/c1-20-11-15-22(16-12-20)30(38)39-24-17-13-21(14-18-24)19-31-34-29(37)28(36)33-26-10-6-5-9-25(26)27(35)32-23-7-3-2-4-8-23/h2-19H,1H3,(H,32,35)(H,33,36)(H,34,37)/b31-19-. The number of anilines is 2. The lowest BCUT2D eigenvalue weighted by Gasteiger charge is -2.11. The van der Waals surface area contributed by atoms with Crippen molar-refractivity contribution >= 4 is 41.3 Å². The Bertz CT molecular complexity index is 1520. The third-order valence-corrected chi connectivity index (χ3v) is 5.42. The van der Waals surface area contributed by atoms with Crippen molar-refractivity contribution in [3.05, 3.63) is 125 Å². The minimum Gasteiger partial charge on any atom is -0.423 e. The molecule has 9 heteroatoms. The van der Waals surface area contributed by atoms with Crippen LogP contribution in [0.4, 0.5) is 11.4 Å². The lowest BCUT2D eigenvalue weighted by molar-refractivity contribution is -0.136. The van der Waals surface area contributed by atoms with Crippen LogP contribution in [0.1, 0.15) is 31.8 Å². The first-order valence-electron chi connectivity index (χ1n) is 11.9. The monoisotopic (exact) mass is 520 g/mol. The number of carbonyl (C=O) groups is 4. The number of rotatable bonds is 7. The van der Waals surface area contributed by atoms with Gasteiger partial charge in [0.2, 0.25) is 0 Å². The first-order valence-corrected chi connectivity index (χ1v) is 11.9. The smallest absolute Gasteiger partial charge is 0.343 e. The average molecular weight is 521 g/mol. The second-order valence-electron chi connectivity index (χ2n) is 8.34. The first-order chi connectivity index (χ1) is 18.9. The molecule has 4 rings (SSSR count). The fourth-order valence-corrected chi connectivity index (χ4v) is 3.38. The summed E-state index contributed by atoms with van der Waals surface area (Å²) in [6.07, 6.45) is 1.33. The molecule has 0 saturated heterocycles. The van der Waals surface area contributed by atoms with Crippen molar-refractivity contribution in [1.29, 1.82) is 0 Å². The highest BCUT2D eigenvalue weighted by molar-refractivity contribution is 6.40. The molecule has 0 aromatic heterocycles. The number of carbonyl (C=O) groups excluding carboxylic acids is 4. The van der Waals surface area contributed by atoms with Gasteiger partial charge in [0.05, 0.1) is 23.0 Å². The first kappa shape index (κ1) is 26.5. The van der Waals surface area contributed by atoms with E-state index in [1.165, 1.54) is 18.3 Å². The molecule has 0 aliphatic carbocycles. The molecule has 0 fully saturated rings. The number of nitrogens with one attached hydrogen (secondary N) is 3. The van der Waals surface area contributed by atoms with Gasteiger partial charge in [-0.15, -0.1) is 0 Å². The summed E-state index contributed by atoms with van der Waals surface area (Å²) in [5.41, 5.74) is 5.16. The van der Waals surface area contributed by atoms with Crippen molar-refractivity contribution in [2.75, 3.05) is 10.6 Å². The average Bonchev–Trinajstić information content (AvgIpc) is 2.95. The molecule has 39 heavy (non-hydrogen) atoms. The van der Waals surface area contributed by atoms with Gasteiger partial charge in [-0.2, -0.15) is 5.10 Å². The van der Waals surface area contributed by atoms with Crippen LogP contribution >= 0.6 is 0 Å². The van der Waals surface area contributed by atoms with Crippen LogP contribution < -0.4 is 20.8 Å². The molecule has 0 atom stereocenters. The summed E-state index contributed by atoms with van der Waals surface area (Å²) in [6.45, 7) is 1.93. The molecule has 0 heterocycles. The third-order valence-electron chi connectivity index (χ3n) is 5.42. The number of benzene rings is 4. The number of hydrogen-bond acceptors (Lipinski definition) is 6. The number of nitrogens with zero attached hydrogens (tertiary/aromatic N) is 1. The summed E-state index contributed by atoms with van der Waals surface area (Å²) < 4.78 is 5.35. The Morgan fingerprint density at radius 3 is 2.10 bits per heavy atom. The summed E-state index contributed by atoms with van der Waals surface area (Å²) in [7, 11) is 0. The van der Waals surface area contributed by atoms with Gasteiger partial charge in [0.25, 0.3) is 5.91 Å². The van der Waals surface area contributed by atoms with Crippen molar-refractivity contribution in [3.63, 3.8) is 0 Å². The zero-order chi connectivity index (χ0) is 27.6. The molecule has 0 spiro atoms. The number of para-hydroxylation sites is 2. The molecular weight excluding hydrogens is 496 g/mol. The van der Waals surface area contributed by atoms with Gasteiger partial charge >= 0.3 is 17.8 Å². The summed E-state index contributed by atoms with van der Waals surface area (Å²) in [6, 6.07) is 28.6. The third kappa shape index (κ3) is 7.46. The molecule has 0 aliphatic heterocycles. The lowest BCUT2D eigenvalue weighted by atomic mass is 10.1. The number of ether oxygens (including phenoxy) is 1. The topological polar surface area (TPSA) is 126 Å². The Hall–Kier alpha value is -5.57. The van der Waals surface area contributed by atoms with Crippen LogP contribution in [-0.4, -0.2) is 29.9 Å². The van der Waals surface area contributed by atoms with Crippen LogP contribution in [0, 0.1) is 6.92 Å². The highest BCUT2D eigenvalue weighted by atomic mass is 16.5. The molecule has 0 aliphatic rings. The highest BCUT2D eigenvalue weighted by Gasteiger charge is 2.18. The van der Waals surface area contributed by atoms with Gasteiger partial charge in [-0.05, 0) is 73.2 Å². The molecule has 194 valence electrons. The molecule has 3 N–H and O–H groups in total. The Morgan fingerprint density at radius 1 is 0.718 bits per heavy atom. The van der Waals surface area contributed by atoms with E-state index in [1.807, 2.05) is 25.1 Å². The number of hydrazone groups is 1. The minimum absolute atomic E-state index is 0.172. The van der Waals surface area contributed by atoms with E-state index in [1.54, 1.807) is 72.8 Å². The largest absolute Gasteiger partial charge is 0.423 e. The van der Waals surface area contributed by atoms with E-state index in [0.717, 1.165) is 5.56 Å². The second kappa shape index (κ2) is 12.6. The molecule has 0 saturated carbocycles. The van der Waals surface area contributed by atoms with E-state index < -0.39 is 23.7 Å². The predicted octanol–water partition coefficient (Wildman–Crippen LogP) is 4.56. The zero-order valence-corrected chi connectivity index (χ0v) is 20.9. The molecule has 0 bridgehead atoms. The summed E-state index contributed by atoms with van der Waals surface area (Å²) in [5.74, 6) is -2.59. The van der Waals surface area contributed by atoms with E-state index in [0.29, 0.717) is 22.6 Å². The molecule has 3 amide bonds. The van der Waals surface area contributed by atoms with Crippen molar-refractivity contribution in [2.45, 2.75) is 6.92 Å². The van der Waals surface area contributed by atoms with E-state index in [-0.39, 0.29) is 11.3 Å². The maximum Gasteiger partial charge on any atom is 0.343 e. The molecule has 0 radical (unpaired) electrons. The summed E-state index contributed by atoms with van der Waals surface area (Å²) in [5, 5.41) is 8.96. The maximum absolute atomic E-state index is 12.7. The Balaban J connectivity index is 1.30. The van der Waals surface area contributed by atoms with E-state index in [4.69, 9.17) is 4.74 Å². The number of esters is 1. The van der Waals surface area contributed by atoms with E-state index >= 15 is 0 Å². The van der Waals surface area contributed by atoms with Crippen LogP contribution in [0.25, 0.3) is 0 Å². The lowest BCUT2D eigenvalue weighted by Crippen LogP contribution is -2.33. The fraction of sp³-hybridized carbons (Fsp3) is 0.0333. The Morgan fingerprint density at radius 2 is 1.38 bits per heavy atom. The highest BCUT2D eigenvalue weighted by Crippen LogP contribution is 2.18. The van der Waals surface area contributed by atoms with Gasteiger partial charge < -0.3 is 15.4 Å². The van der Waals surface area contributed by atoms with Crippen LogP contribution in [0.3, 0.4) is 0 Å². The van der Waals surface area contributed by atoms with Gasteiger partial charge in [0.15, 0.2) is 0 Å². The minimum atomic E-state index is -1.02. The van der Waals surface area contributed by atoms with E-state index in [9.17, 15) is 19.2 Å². The molecule has 9 nitrogen and oxygen atoms in total. The maximum atomic E-state index is 12.7. The van der Waals surface area contributed by atoms with Gasteiger partial charge in [-0.1, -0.05) is 48.0 Å². The molecule has 4 aromatic carbocycles. The van der Waals surface area contributed by atoms with Crippen molar-refractivity contribution in [1.82, 2.24) is 5.43 Å². The van der Waals surface area contributed by atoms with Gasteiger partial charge in [0.1, 0.15) is 5.75 Å². The van der Waals surface area contributed by atoms with Gasteiger partial charge in [-0.25, -0.2) is 10.2 Å². The number of hydrogen-bond donors (Lipinski definition) is 3. The van der Waals surface area contributed by atoms with Gasteiger partial charge in [-0.3, -0.25) is 14.4 Å². The van der Waals surface area contributed by atoms with Crippen LogP contribution in [0.5, 0.6) is 5.75 Å². The zero-order valence-electron chi connectivity index (χ0n) is 20.9. The van der Waals surface area contributed by atoms with Crippen LogP contribution in [0.15, 0.2) is 108 Å². The van der Waals surface area contributed by atoms with Crippen molar-refractivity contribution in [2.24, 2.45) is 5.10 Å². The normalized spacial score (nSPS) is 10.5. The number of amides is 3. The Labute approximate surface area is 224 Å². The summed E-state index contributed by atoms with van der Waals surface area (Å²) >= 11 is 0. The molecule has 0 unspecified atom stereocenters. The second-order valence-corrected chi connectivity index (χ2v) is 8.34. The predicted molar refractivity (Wildman–Crippen MR) is 148 cm³/mol. The van der Waals surface area contributed by atoms with Crippen LogP contribution in [-0.2, 0) is 9.59 Å². The molecule has 4 aromatic rings.